The van der Waals surface area contributed by atoms with Gasteiger partial charge in [0.2, 0.25) is 0 Å². The van der Waals surface area contributed by atoms with Crippen LogP contribution >= 0.6 is 0 Å². The summed E-state index contributed by atoms with van der Waals surface area (Å²) in [5.41, 5.74) is 0.772. The molecule has 0 N–H and O–H groups in total. The zero-order valence-electron chi connectivity index (χ0n) is 7.29. The highest BCUT2D eigenvalue weighted by Crippen LogP contribution is 2.28. The van der Waals surface area contributed by atoms with Crippen molar-refractivity contribution in [1.82, 2.24) is 0 Å². The lowest BCUT2D eigenvalue weighted by Gasteiger charge is -2.19. The summed E-state index contributed by atoms with van der Waals surface area (Å²) in [5, 5.41) is 0. The summed E-state index contributed by atoms with van der Waals surface area (Å²) in [6.07, 6.45) is 5.58. The molecule has 1 unspecified atom stereocenters. The molecule has 0 aromatic heterocycles. The van der Waals surface area contributed by atoms with Gasteiger partial charge >= 0.3 is 5.97 Å². The van der Waals surface area contributed by atoms with E-state index in [1.807, 2.05) is 0 Å². The maximum atomic E-state index is 12.8. The van der Waals surface area contributed by atoms with Gasteiger partial charge in [0.05, 0.1) is 0 Å². The first-order valence-electron chi connectivity index (χ1n) is 4.17. The summed E-state index contributed by atoms with van der Waals surface area (Å²) >= 11 is 0. The smallest absolute Gasteiger partial charge is 0.326 e. The van der Waals surface area contributed by atoms with Crippen molar-refractivity contribution >= 4 is 5.97 Å². The van der Waals surface area contributed by atoms with Crippen LogP contribution in [0.2, 0.25) is 0 Å². The first-order valence-corrected chi connectivity index (χ1v) is 4.17. The van der Waals surface area contributed by atoms with Gasteiger partial charge in [0.15, 0.2) is 0 Å². The summed E-state index contributed by atoms with van der Waals surface area (Å²) < 4.78 is 17.7. The summed E-state index contributed by atoms with van der Waals surface area (Å²) in [7, 11) is 0. The second kappa shape index (κ2) is 3.15. The average Bonchev–Trinajstić information content (AvgIpc) is 2.16. The van der Waals surface area contributed by atoms with E-state index in [9.17, 15) is 9.18 Å². The minimum atomic E-state index is -0.548. The lowest BCUT2D eigenvalue weighted by molar-refractivity contribution is -0.138. The number of halogens is 1. The minimum Gasteiger partial charge on any atom is -0.425 e. The number of hydrogen-bond acceptors (Lipinski definition) is 2. The molecule has 2 rings (SSSR count). The van der Waals surface area contributed by atoms with Crippen molar-refractivity contribution in [2.24, 2.45) is 5.92 Å². The van der Waals surface area contributed by atoms with Gasteiger partial charge in [0.25, 0.3) is 0 Å². The van der Waals surface area contributed by atoms with Gasteiger partial charge < -0.3 is 4.74 Å². The van der Waals surface area contributed by atoms with Crippen LogP contribution in [0.4, 0.5) is 4.39 Å². The molecule has 0 fully saturated rings. The monoisotopic (exact) mass is 190 g/mol. The molecule has 0 aliphatic carbocycles. The number of carbonyl (C=O) groups is 1. The Morgan fingerprint density at radius 2 is 2.36 bits per heavy atom. The van der Waals surface area contributed by atoms with Crippen molar-refractivity contribution in [1.29, 1.82) is 0 Å². The number of carbonyl (C=O) groups excluding carboxylic acids is 1. The fraction of sp³-hybridized carbons (Fsp3) is 0.182. The lowest BCUT2D eigenvalue weighted by Crippen LogP contribution is -2.26. The number of terminal acetylenes is 1. The highest BCUT2D eigenvalue weighted by atomic mass is 19.1. The summed E-state index contributed by atoms with van der Waals surface area (Å²) in [6, 6.07) is 4.10. The van der Waals surface area contributed by atoms with Gasteiger partial charge in [-0.05, 0) is 11.6 Å². The molecule has 3 heteroatoms. The molecule has 1 aliphatic rings. The van der Waals surface area contributed by atoms with Crippen LogP contribution in [-0.4, -0.2) is 5.97 Å². The summed E-state index contributed by atoms with van der Waals surface area (Å²) in [4.78, 5) is 11.2. The van der Waals surface area contributed by atoms with Crippen LogP contribution in [0.3, 0.4) is 0 Å². The second-order valence-corrected chi connectivity index (χ2v) is 3.10. The van der Waals surface area contributed by atoms with Gasteiger partial charge in [0, 0.05) is 12.5 Å². The predicted molar refractivity (Wildman–Crippen MR) is 48.1 cm³/mol. The Labute approximate surface area is 80.7 Å². The molecule has 0 radical (unpaired) electrons. The third-order valence-corrected chi connectivity index (χ3v) is 2.15. The molecule has 1 aliphatic heterocycles. The lowest BCUT2D eigenvalue weighted by atomic mass is 9.97. The van der Waals surface area contributed by atoms with Gasteiger partial charge in [-0.3, -0.25) is 4.79 Å². The Balaban J connectivity index is 2.41. The largest absolute Gasteiger partial charge is 0.425 e. The molecule has 2 nitrogen and oxygen atoms in total. The number of rotatable bonds is 0. The Kier molecular flexibility index (Phi) is 1.97. The standard InChI is InChI=1S/C11H7FO2/c1-2-7-5-8-3-4-9(12)6-10(8)14-11(7)13/h1,3-4,6-7H,5H2. The zero-order valence-corrected chi connectivity index (χ0v) is 7.29. The van der Waals surface area contributed by atoms with Crippen LogP contribution < -0.4 is 4.74 Å². The first kappa shape index (κ1) is 8.76. The van der Waals surface area contributed by atoms with E-state index < -0.39 is 17.7 Å². The third kappa shape index (κ3) is 1.35. The van der Waals surface area contributed by atoms with E-state index >= 15 is 0 Å². The van der Waals surface area contributed by atoms with E-state index in [1.54, 1.807) is 6.07 Å². The Morgan fingerprint density at radius 3 is 3.07 bits per heavy atom. The van der Waals surface area contributed by atoms with Gasteiger partial charge in [-0.15, -0.1) is 6.42 Å². The minimum absolute atomic E-state index is 0.279. The Hall–Kier alpha value is -1.82. The summed E-state index contributed by atoms with van der Waals surface area (Å²) in [5.74, 6) is 1.17. The van der Waals surface area contributed by atoms with E-state index in [2.05, 4.69) is 5.92 Å². The molecular formula is C11H7FO2. The average molecular weight is 190 g/mol. The summed E-state index contributed by atoms with van der Waals surface area (Å²) in [6.45, 7) is 0. The van der Waals surface area contributed by atoms with E-state index in [1.165, 1.54) is 12.1 Å². The van der Waals surface area contributed by atoms with Crippen LogP contribution in [0, 0.1) is 24.1 Å². The second-order valence-electron chi connectivity index (χ2n) is 3.10. The first-order chi connectivity index (χ1) is 6.70. The highest BCUT2D eigenvalue weighted by Gasteiger charge is 2.26. The SMILES string of the molecule is C#CC1Cc2ccc(F)cc2OC1=O. The number of benzene rings is 1. The van der Waals surface area contributed by atoms with Crippen molar-refractivity contribution in [3.05, 3.63) is 29.6 Å². The number of esters is 1. The third-order valence-electron chi connectivity index (χ3n) is 2.15. The Morgan fingerprint density at radius 1 is 1.57 bits per heavy atom. The number of ether oxygens (including phenoxy) is 1. The molecule has 1 heterocycles. The van der Waals surface area contributed by atoms with Crippen LogP contribution in [0.1, 0.15) is 5.56 Å². The fourth-order valence-corrected chi connectivity index (χ4v) is 1.40. The normalized spacial score (nSPS) is 19.4. The molecule has 0 saturated heterocycles. The molecule has 70 valence electrons. The van der Waals surface area contributed by atoms with Crippen LogP contribution in [-0.2, 0) is 11.2 Å². The van der Waals surface area contributed by atoms with E-state index in [4.69, 9.17) is 11.2 Å². The van der Waals surface area contributed by atoms with Gasteiger partial charge in [-0.25, -0.2) is 4.39 Å². The predicted octanol–water partition coefficient (Wildman–Crippen LogP) is 1.54. The van der Waals surface area contributed by atoms with E-state index in [0.717, 1.165) is 5.56 Å². The van der Waals surface area contributed by atoms with Gasteiger partial charge in [-0.1, -0.05) is 12.0 Å². The van der Waals surface area contributed by atoms with E-state index in [0.29, 0.717) is 6.42 Å². The maximum absolute atomic E-state index is 12.8. The van der Waals surface area contributed by atoms with Crippen molar-refractivity contribution in [2.75, 3.05) is 0 Å². The van der Waals surface area contributed by atoms with Crippen LogP contribution in [0.5, 0.6) is 5.75 Å². The fourth-order valence-electron chi connectivity index (χ4n) is 1.40. The number of hydrogen-bond donors (Lipinski definition) is 0. The van der Waals surface area contributed by atoms with E-state index in [-0.39, 0.29) is 5.75 Å². The maximum Gasteiger partial charge on any atom is 0.326 e. The molecule has 1 aromatic rings. The molecular weight excluding hydrogens is 183 g/mol. The van der Waals surface area contributed by atoms with Gasteiger partial charge in [-0.2, -0.15) is 0 Å². The Bertz CT molecular complexity index is 431. The van der Waals surface area contributed by atoms with Crippen molar-refractivity contribution in [3.8, 4) is 18.1 Å². The van der Waals surface area contributed by atoms with Gasteiger partial charge in [0.1, 0.15) is 17.5 Å². The number of fused-ring (bicyclic) bond motifs is 1. The molecule has 0 saturated carbocycles. The molecule has 1 atom stereocenters. The molecule has 0 spiro atoms. The van der Waals surface area contributed by atoms with Crippen molar-refractivity contribution < 1.29 is 13.9 Å². The molecule has 0 amide bonds. The zero-order chi connectivity index (χ0) is 10.1. The molecule has 14 heavy (non-hydrogen) atoms. The molecule has 0 bridgehead atoms. The topological polar surface area (TPSA) is 26.3 Å². The van der Waals surface area contributed by atoms with Crippen molar-refractivity contribution in [2.45, 2.75) is 6.42 Å². The van der Waals surface area contributed by atoms with Crippen LogP contribution in [0.15, 0.2) is 18.2 Å². The molecule has 1 aromatic carbocycles. The van der Waals surface area contributed by atoms with Crippen LogP contribution in [0.25, 0.3) is 0 Å². The highest BCUT2D eigenvalue weighted by molar-refractivity contribution is 5.80. The van der Waals surface area contributed by atoms with Crippen molar-refractivity contribution in [3.63, 3.8) is 0 Å². The quantitative estimate of drug-likeness (QED) is 0.352.